The highest BCUT2D eigenvalue weighted by Crippen LogP contribution is 2.29. The molecule has 0 saturated heterocycles. The standard InChI is InChI=1S/C30H24O5/c1-33-27-9-6-10-28(34-2)29(27)30(32)35-25-18-11-21(12-19-25)13-20-26(31)24-16-14-23(15-17-24)22-7-4-3-5-8-22/h3-20H,1-2H3. The van der Waals surface area contributed by atoms with Gasteiger partial charge in [-0.2, -0.15) is 0 Å². The van der Waals surface area contributed by atoms with E-state index < -0.39 is 5.97 Å². The van der Waals surface area contributed by atoms with Gasteiger partial charge in [-0.3, -0.25) is 4.79 Å². The Morgan fingerprint density at radius 3 is 1.86 bits per heavy atom. The van der Waals surface area contributed by atoms with Gasteiger partial charge in [-0.25, -0.2) is 4.79 Å². The van der Waals surface area contributed by atoms with E-state index in [0.717, 1.165) is 16.7 Å². The number of ketones is 1. The molecule has 0 bridgehead atoms. The van der Waals surface area contributed by atoms with Crippen LogP contribution in [0.4, 0.5) is 0 Å². The minimum Gasteiger partial charge on any atom is -0.496 e. The number of benzene rings is 4. The molecule has 174 valence electrons. The first-order chi connectivity index (χ1) is 17.1. The van der Waals surface area contributed by atoms with Crippen molar-refractivity contribution in [1.82, 2.24) is 0 Å². The van der Waals surface area contributed by atoms with E-state index in [9.17, 15) is 9.59 Å². The average molecular weight is 465 g/mol. The Hall–Kier alpha value is -4.64. The van der Waals surface area contributed by atoms with Gasteiger partial charge in [0.25, 0.3) is 0 Å². The maximum absolute atomic E-state index is 12.7. The Kier molecular flexibility index (Phi) is 7.38. The van der Waals surface area contributed by atoms with Crippen molar-refractivity contribution in [3.63, 3.8) is 0 Å². The summed E-state index contributed by atoms with van der Waals surface area (Å²) in [6.45, 7) is 0. The molecule has 0 spiro atoms. The molecule has 0 fully saturated rings. The molecule has 5 nitrogen and oxygen atoms in total. The van der Waals surface area contributed by atoms with Gasteiger partial charge in [-0.05, 0) is 47.0 Å². The first kappa shape index (κ1) is 23.5. The third-order valence-corrected chi connectivity index (χ3v) is 5.43. The van der Waals surface area contributed by atoms with Gasteiger partial charge in [0.2, 0.25) is 0 Å². The Labute approximate surface area is 204 Å². The first-order valence-electron chi connectivity index (χ1n) is 11.0. The smallest absolute Gasteiger partial charge is 0.351 e. The van der Waals surface area contributed by atoms with Crippen molar-refractivity contribution in [2.45, 2.75) is 0 Å². The molecule has 5 heteroatoms. The van der Waals surface area contributed by atoms with Crippen LogP contribution in [-0.2, 0) is 0 Å². The quantitative estimate of drug-likeness (QED) is 0.129. The van der Waals surface area contributed by atoms with Crippen molar-refractivity contribution in [2.75, 3.05) is 14.2 Å². The van der Waals surface area contributed by atoms with Gasteiger partial charge >= 0.3 is 5.97 Å². The lowest BCUT2D eigenvalue weighted by Crippen LogP contribution is -2.11. The zero-order valence-electron chi connectivity index (χ0n) is 19.4. The lowest BCUT2D eigenvalue weighted by Gasteiger charge is -2.12. The highest BCUT2D eigenvalue weighted by Gasteiger charge is 2.20. The summed E-state index contributed by atoms with van der Waals surface area (Å²) < 4.78 is 16.0. The molecular weight excluding hydrogens is 440 g/mol. The van der Waals surface area contributed by atoms with Crippen LogP contribution >= 0.6 is 0 Å². The van der Waals surface area contributed by atoms with Crippen LogP contribution in [0.15, 0.2) is 103 Å². The molecule has 0 aromatic heterocycles. The first-order valence-corrected chi connectivity index (χ1v) is 11.0. The fourth-order valence-corrected chi connectivity index (χ4v) is 3.58. The number of hydrogen-bond acceptors (Lipinski definition) is 5. The largest absolute Gasteiger partial charge is 0.496 e. The normalized spacial score (nSPS) is 10.7. The Morgan fingerprint density at radius 2 is 1.26 bits per heavy atom. The Bertz CT molecular complexity index is 1320. The molecule has 4 aromatic carbocycles. The maximum Gasteiger partial charge on any atom is 0.351 e. The highest BCUT2D eigenvalue weighted by molar-refractivity contribution is 6.07. The zero-order valence-corrected chi connectivity index (χ0v) is 19.4. The fourth-order valence-electron chi connectivity index (χ4n) is 3.58. The maximum atomic E-state index is 12.7. The summed E-state index contributed by atoms with van der Waals surface area (Å²) in [4.78, 5) is 25.3. The van der Waals surface area contributed by atoms with Gasteiger partial charge < -0.3 is 14.2 Å². The zero-order chi connectivity index (χ0) is 24.6. The van der Waals surface area contributed by atoms with E-state index in [-0.39, 0.29) is 11.3 Å². The second kappa shape index (κ2) is 11.0. The monoisotopic (exact) mass is 464 g/mol. The van der Waals surface area contributed by atoms with E-state index in [2.05, 4.69) is 0 Å². The molecule has 0 atom stereocenters. The molecule has 4 aromatic rings. The second-order valence-electron chi connectivity index (χ2n) is 7.64. The van der Waals surface area contributed by atoms with Gasteiger partial charge in [0.15, 0.2) is 5.78 Å². The van der Waals surface area contributed by atoms with Crippen LogP contribution in [0.3, 0.4) is 0 Å². The molecule has 0 heterocycles. The minimum atomic E-state index is -0.586. The third-order valence-electron chi connectivity index (χ3n) is 5.43. The van der Waals surface area contributed by atoms with Crippen LogP contribution in [0.25, 0.3) is 17.2 Å². The number of methoxy groups -OCH3 is 2. The fraction of sp³-hybridized carbons (Fsp3) is 0.0667. The van der Waals surface area contributed by atoms with Crippen LogP contribution in [0, 0.1) is 0 Å². The van der Waals surface area contributed by atoms with Crippen molar-refractivity contribution in [3.05, 3.63) is 120 Å². The lowest BCUT2D eigenvalue weighted by atomic mass is 10.0. The molecule has 0 radical (unpaired) electrons. The van der Waals surface area contributed by atoms with Crippen LogP contribution < -0.4 is 14.2 Å². The van der Waals surface area contributed by atoms with Crippen LogP contribution in [0.1, 0.15) is 26.3 Å². The van der Waals surface area contributed by atoms with Crippen molar-refractivity contribution in [1.29, 1.82) is 0 Å². The number of carbonyl (C=O) groups is 2. The van der Waals surface area contributed by atoms with Crippen LogP contribution in [0.2, 0.25) is 0 Å². The summed E-state index contributed by atoms with van der Waals surface area (Å²) in [6.07, 6.45) is 3.25. The van der Waals surface area contributed by atoms with Crippen molar-refractivity contribution in [3.8, 4) is 28.4 Å². The summed E-state index contributed by atoms with van der Waals surface area (Å²) in [5, 5.41) is 0. The molecular formula is C30H24O5. The number of rotatable bonds is 8. The van der Waals surface area contributed by atoms with Crippen LogP contribution in [-0.4, -0.2) is 26.0 Å². The van der Waals surface area contributed by atoms with E-state index in [1.54, 1.807) is 48.5 Å². The van der Waals surface area contributed by atoms with E-state index in [1.807, 2.05) is 54.6 Å². The Morgan fingerprint density at radius 1 is 0.657 bits per heavy atom. The van der Waals surface area contributed by atoms with Crippen molar-refractivity contribution in [2.24, 2.45) is 0 Å². The van der Waals surface area contributed by atoms with E-state index in [0.29, 0.717) is 22.8 Å². The summed E-state index contributed by atoms with van der Waals surface area (Å²) in [7, 11) is 2.96. The summed E-state index contributed by atoms with van der Waals surface area (Å²) in [5.74, 6) is 0.413. The van der Waals surface area contributed by atoms with Crippen molar-refractivity contribution < 1.29 is 23.8 Å². The molecule has 0 N–H and O–H groups in total. The molecule has 0 aliphatic rings. The summed E-state index contributed by atoms with van der Waals surface area (Å²) >= 11 is 0. The van der Waals surface area contributed by atoms with Crippen LogP contribution in [0.5, 0.6) is 17.2 Å². The van der Waals surface area contributed by atoms with Gasteiger partial charge in [-0.15, -0.1) is 0 Å². The molecule has 0 aliphatic heterocycles. The molecule has 0 aliphatic carbocycles. The number of esters is 1. The molecule has 4 rings (SSSR count). The van der Waals surface area contributed by atoms with E-state index in [4.69, 9.17) is 14.2 Å². The highest BCUT2D eigenvalue weighted by atomic mass is 16.5. The lowest BCUT2D eigenvalue weighted by molar-refractivity contribution is 0.0727. The number of allylic oxidation sites excluding steroid dienone is 1. The number of hydrogen-bond donors (Lipinski definition) is 0. The van der Waals surface area contributed by atoms with Gasteiger partial charge in [0, 0.05) is 5.56 Å². The molecule has 35 heavy (non-hydrogen) atoms. The predicted octanol–water partition coefficient (Wildman–Crippen LogP) is 6.49. The van der Waals surface area contributed by atoms with E-state index >= 15 is 0 Å². The summed E-state index contributed by atoms with van der Waals surface area (Å²) in [6, 6.07) is 29.5. The third kappa shape index (κ3) is 5.65. The molecule has 0 unspecified atom stereocenters. The Balaban J connectivity index is 1.41. The molecule has 0 amide bonds. The van der Waals surface area contributed by atoms with Gasteiger partial charge in [0.05, 0.1) is 14.2 Å². The average Bonchev–Trinajstić information content (AvgIpc) is 2.92. The predicted molar refractivity (Wildman–Crippen MR) is 136 cm³/mol. The minimum absolute atomic E-state index is 0.0941. The number of carbonyl (C=O) groups excluding carboxylic acids is 2. The number of ether oxygens (including phenoxy) is 3. The molecule has 0 saturated carbocycles. The van der Waals surface area contributed by atoms with Gasteiger partial charge in [0.1, 0.15) is 22.8 Å². The SMILES string of the molecule is COc1cccc(OC)c1C(=O)Oc1ccc(C=CC(=O)c2ccc(-c3ccccc3)cc2)cc1. The van der Waals surface area contributed by atoms with E-state index in [1.165, 1.54) is 20.3 Å². The van der Waals surface area contributed by atoms with Gasteiger partial charge in [-0.1, -0.05) is 78.9 Å². The topological polar surface area (TPSA) is 61.8 Å². The summed E-state index contributed by atoms with van der Waals surface area (Å²) in [5.41, 5.74) is 3.78. The van der Waals surface area contributed by atoms with Crippen molar-refractivity contribution >= 4 is 17.8 Å². The second-order valence-corrected chi connectivity index (χ2v) is 7.64.